The van der Waals surface area contributed by atoms with E-state index in [4.69, 9.17) is 0 Å². The van der Waals surface area contributed by atoms with Crippen molar-refractivity contribution in [2.45, 2.75) is 20.3 Å². The fourth-order valence-electron chi connectivity index (χ4n) is 2.64. The van der Waals surface area contributed by atoms with Crippen LogP contribution < -0.4 is 10.3 Å². The fourth-order valence-corrected chi connectivity index (χ4v) is 3.23. The molecule has 0 radical (unpaired) electrons. The van der Waals surface area contributed by atoms with Crippen LogP contribution in [-0.2, 0) is 9.59 Å². The number of rotatable bonds is 4. The first kappa shape index (κ1) is 16.4. The molecule has 1 saturated heterocycles. The maximum atomic E-state index is 12.3. The zero-order valence-electron chi connectivity index (χ0n) is 13.7. The predicted octanol–water partition coefficient (Wildman–Crippen LogP) is 2.87. The SMILES string of the molecule is Cc1ccc(N2C[C@@H](C(=O)N/N=C\c3cccs3)CC2=O)cc1C. The van der Waals surface area contributed by atoms with Crippen LogP contribution in [0.4, 0.5) is 5.69 Å². The van der Waals surface area contributed by atoms with Gasteiger partial charge in [0.05, 0.1) is 12.1 Å². The largest absolute Gasteiger partial charge is 0.312 e. The maximum absolute atomic E-state index is 12.3. The quantitative estimate of drug-likeness (QED) is 0.686. The molecule has 3 rings (SSSR count). The number of thiophene rings is 1. The van der Waals surface area contributed by atoms with E-state index < -0.39 is 0 Å². The van der Waals surface area contributed by atoms with Crippen LogP contribution in [0.2, 0.25) is 0 Å². The van der Waals surface area contributed by atoms with E-state index in [1.165, 1.54) is 5.56 Å². The Kier molecular flexibility index (Phi) is 4.76. The summed E-state index contributed by atoms with van der Waals surface area (Å²) in [4.78, 5) is 27.1. The van der Waals surface area contributed by atoms with E-state index >= 15 is 0 Å². The second-order valence-electron chi connectivity index (χ2n) is 5.92. The highest BCUT2D eigenvalue weighted by Gasteiger charge is 2.35. The molecular weight excluding hydrogens is 322 g/mol. The number of aryl methyl sites for hydroxylation is 2. The monoisotopic (exact) mass is 341 g/mol. The van der Waals surface area contributed by atoms with E-state index in [1.807, 2.05) is 49.6 Å². The number of amides is 2. The summed E-state index contributed by atoms with van der Waals surface area (Å²) in [7, 11) is 0. The average molecular weight is 341 g/mol. The minimum absolute atomic E-state index is 0.0272. The highest BCUT2D eigenvalue weighted by atomic mass is 32.1. The molecule has 1 atom stereocenters. The normalized spacial score (nSPS) is 17.7. The molecule has 1 fully saturated rings. The Morgan fingerprint density at radius 2 is 2.17 bits per heavy atom. The van der Waals surface area contributed by atoms with E-state index in [2.05, 4.69) is 10.5 Å². The van der Waals surface area contributed by atoms with Gasteiger partial charge in [0.15, 0.2) is 0 Å². The van der Waals surface area contributed by atoms with Gasteiger partial charge >= 0.3 is 0 Å². The number of carbonyl (C=O) groups excluding carboxylic acids is 2. The van der Waals surface area contributed by atoms with Crippen molar-refractivity contribution in [1.29, 1.82) is 0 Å². The molecule has 0 unspecified atom stereocenters. The van der Waals surface area contributed by atoms with Gasteiger partial charge in [-0.25, -0.2) is 5.43 Å². The first-order chi connectivity index (χ1) is 11.5. The van der Waals surface area contributed by atoms with Crippen molar-refractivity contribution in [3.05, 3.63) is 51.7 Å². The summed E-state index contributed by atoms with van der Waals surface area (Å²) in [5.74, 6) is -0.622. The molecule has 0 aliphatic carbocycles. The molecule has 124 valence electrons. The van der Waals surface area contributed by atoms with Crippen LogP contribution in [0.3, 0.4) is 0 Å². The minimum atomic E-state index is -0.375. The zero-order valence-corrected chi connectivity index (χ0v) is 14.5. The maximum Gasteiger partial charge on any atom is 0.245 e. The molecule has 24 heavy (non-hydrogen) atoms. The molecule has 1 aromatic heterocycles. The van der Waals surface area contributed by atoms with Gasteiger partial charge in [-0.3, -0.25) is 9.59 Å². The summed E-state index contributed by atoms with van der Waals surface area (Å²) in [6.07, 6.45) is 1.83. The topological polar surface area (TPSA) is 61.8 Å². The lowest BCUT2D eigenvalue weighted by Crippen LogP contribution is -2.30. The molecule has 1 aliphatic heterocycles. The molecule has 0 saturated carbocycles. The first-order valence-corrected chi connectivity index (χ1v) is 8.66. The summed E-state index contributed by atoms with van der Waals surface area (Å²) in [6, 6.07) is 9.75. The second-order valence-corrected chi connectivity index (χ2v) is 6.90. The van der Waals surface area contributed by atoms with Gasteiger partial charge in [-0.2, -0.15) is 5.10 Å². The Labute approximate surface area is 145 Å². The molecule has 6 heteroatoms. The van der Waals surface area contributed by atoms with Crippen molar-refractivity contribution in [1.82, 2.24) is 5.43 Å². The van der Waals surface area contributed by atoms with Gasteiger partial charge in [0.1, 0.15) is 0 Å². The molecule has 1 aliphatic rings. The van der Waals surface area contributed by atoms with Gasteiger partial charge < -0.3 is 4.90 Å². The van der Waals surface area contributed by atoms with E-state index in [9.17, 15) is 9.59 Å². The molecule has 1 N–H and O–H groups in total. The Balaban J connectivity index is 1.63. The van der Waals surface area contributed by atoms with Crippen LogP contribution in [0, 0.1) is 19.8 Å². The fraction of sp³-hybridized carbons (Fsp3) is 0.278. The molecule has 2 amide bonds. The standard InChI is InChI=1S/C18H19N3O2S/c1-12-5-6-15(8-13(12)2)21-11-14(9-17(21)22)18(23)20-19-10-16-4-3-7-24-16/h3-8,10,14H,9,11H2,1-2H3,(H,20,23)/b19-10-/t14-/m0/s1. The van der Waals surface area contributed by atoms with Crippen molar-refractivity contribution in [3.8, 4) is 0 Å². The van der Waals surface area contributed by atoms with Crippen molar-refractivity contribution < 1.29 is 9.59 Å². The molecule has 1 aromatic carbocycles. The number of nitrogens with one attached hydrogen (secondary N) is 1. The van der Waals surface area contributed by atoms with E-state index in [0.29, 0.717) is 6.54 Å². The number of anilines is 1. The third-order valence-corrected chi connectivity index (χ3v) is 5.01. The van der Waals surface area contributed by atoms with Gasteiger partial charge in [0.2, 0.25) is 11.8 Å². The van der Waals surface area contributed by atoms with Crippen molar-refractivity contribution in [2.75, 3.05) is 11.4 Å². The van der Waals surface area contributed by atoms with Crippen LogP contribution in [0.25, 0.3) is 0 Å². The minimum Gasteiger partial charge on any atom is -0.312 e. The van der Waals surface area contributed by atoms with Gasteiger partial charge in [-0.1, -0.05) is 12.1 Å². The first-order valence-electron chi connectivity index (χ1n) is 7.78. The van der Waals surface area contributed by atoms with Crippen molar-refractivity contribution >= 4 is 35.1 Å². The zero-order chi connectivity index (χ0) is 17.1. The summed E-state index contributed by atoms with van der Waals surface area (Å²) in [5, 5.41) is 5.91. The summed E-state index contributed by atoms with van der Waals surface area (Å²) < 4.78 is 0. The molecule has 2 aromatic rings. The molecule has 0 bridgehead atoms. The Hall–Kier alpha value is -2.47. The molecule has 5 nitrogen and oxygen atoms in total. The lowest BCUT2D eigenvalue weighted by atomic mass is 10.1. The van der Waals surface area contributed by atoms with E-state index in [1.54, 1.807) is 22.5 Å². The summed E-state index contributed by atoms with van der Waals surface area (Å²) in [5.41, 5.74) is 5.70. The Bertz CT molecular complexity index is 784. The lowest BCUT2D eigenvalue weighted by Gasteiger charge is -2.17. The lowest BCUT2D eigenvalue weighted by molar-refractivity contribution is -0.126. The van der Waals surface area contributed by atoms with Crippen molar-refractivity contribution in [3.63, 3.8) is 0 Å². The average Bonchev–Trinajstić information content (AvgIpc) is 3.20. The predicted molar refractivity (Wildman–Crippen MR) is 96.4 cm³/mol. The third kappa shape index (κ3) is 3.54. The van der Waals surface area contributed by atoms with Gasteiger partial charge in [-0.15, -0.1) is 11.3 Å². The van der Waals surface area contributed by atoms with Gasteiger partial charge in [0.25, 0.3) is 0 Å². The number of carbonyl (C=O) groups is 2. The van der Waals surface area contributed by atoms with Gasteiger partial charge in [-0.05, 0) is 48.6 Å². The van der Waals surface area contributed by atoms with E-state index in [-0.39, 0.29) is 24.2 Å². The van der Waals surface area contributed by atoms with Crippen LogP contribution >= 0.6 is 11.3 Å². The van der Waals surface area contributed by atoms with Crippen LogP contribution in [0.5, 0.6) is 0 Å². The Morgan fingerprint density at radius 3 is 2.88 bits per heavy atom. The second kappa shape index (κ2) is 6.97. The van der Waals surface area contributed by atoms with Crippen LogP contribution in [0.1, 0.15) is 22.4 Å². The summed E-state index contributed by atoms with van der Waals surface area (Å²) in [6.45, 7) is 4.44. The number of hydrogen-bond acceptors (Lipinski definition) is 4. The molecule has 2 heterocycles. The summed E-state index contributed by atoms with van der Waals surface area (Å²) >= 11 is 1.54. The smallest absolute Gasteiger partial charge is 0.245 e. The Morgan fingerprint density at radius 1 is 1.33 bits per heavy atom. The van der Waals surface area contributed by atoms with E-state index in [0.717, 1.165) is 16.1 Å². The highest BCUT2D eigenvalue weighted by molar-refractivity contribution is 7.11. The molecule has 0 spiro atoms. The number of hydrazone groups is 1. The van der Waals surface area contributed by atoms with Crippen molar-refractivity contribution in [2.24, 2.45) is 11.0 Å². The number of nitrogens with zero attached hydrogens (tertiary/aromatic N) is 2. The van der Waals surface area contributed by atoms with Crippen LogP contribution in [0.15, 0.2) is 40.8 Å². The molecular formula is C18H19N3O2S. The number of benzene rings is 1. The van der Waals surface area contributed by atoms with Gasteiger partial charge in [0, 0.05) is 23.5 Å². The highest BCUT2D eigenvalue weighted by Crippen LogP contribution is 2.26. The third-order valence-electron chi connectivity index (χ3n) is 4.21. The van der Waals surface area contributed by atoms with Crippen LogP contribution in [-0.4, -0.2) is 24.6 Å². The number of hydrogen-bond donors (Lipinski definition) is 1.